The molecular weight excluding hydrogens is 346 g/mol. The maximum atomic E-state index is 11.8. The number of carbonyl (C=O) groups is 2. The molecule has 0 atom stereocenters. The van der Waals surface area contributed by atoms with Crippen molar-refractivity contribution in [2.45, 2.75) is 13.8 Å². The number of nitrogens with one attached hydrogen (secondary N) is 1. The first kappa shape index (κ1) is 20.0. The molecule has 6 nitrogen and oxygen atoms in total. The molecule has 0 saturated heterocycles. The highest BCUT2D eigenvalue weighted by atomic mass is 16.5. The predicted octanol–water partition coefficient (Wildman–Crippen LogP) is 3.68. The summed E-state index contributed by atoms with van der Waals surface area (Å²) >= 11 is 0. The van der Waals surface area contributed by atoms with Gasteiger partial charge in [0, 0.05) is 11.8 Å². The molecule has 6 heteroatoms. The van der Waals surface area contributed by atoms with Crippen LogP contribution < -0.4 is 14.8 Å². The lowest BCUT2D eigenvalue weighted by molar-refractivity contribution is -0.142. The van der Waals surface area contributed by atoms with Gasteiger partial charge in [-0.15, -0.1) is 0 Å². The van der Waals surface area contributed by atoms with Gasteiger partial charge < -0.3 is 19.5 Å². The summed E-state index contributed by atoms with van der Waals surface area (Å²) in [6.45, 7) is 4.62. The van der Waals surface area contributed by atoms with Crippen LogP contribution in [0.15, 0.2) is 54.6 Å². The molecule has 27 heavy (non-hydrogen) atoms. The lowest BCUT2D eigenvalue weighted by Crippen LogP contribution is -2.20. The van der Waals surface area contributed by atoms with Crippen LogP contribution in [0.2, 0.25) is 0 Å². The van der Waals surface area contributed by atoms with E-state index in [1.807, 2.05) is 38.1 Å². The largest absolute Gasteiger partial charge is 0.494 e. The minimum atomic E-state index is -0.592. The molecule has 0 fully saturated rings. The monoisotopic (exact) mass is 369 g/mol. The molecule has 1 N–H and O–H groups in total. The van der Waals surface area contributed by atoms with Crippen molar-refractivity contribution in [2.75, 3.05) is 25.1 Å². The molecule has 142 valence electrons. The van der Waals surface area contributed by atoms with Crippen molar-refractivity contribution in [1.82, 2.24) is 0 Å². The molecule has 0 radical (unpaired) electrons. The number of ether oxygens (including phenoxy) is 3. The number of hydrogen-bond acceptors (Lipinski definition) is 5. The van der Waals surface area contributed by atoms with E-state index in [4.69, 9.17) is 14.2 Å². The van der Waals surface area contributed by atoms with Crippen LogP contribution in [0.1, 0.15) is 19.4 Å². The van der Waals surface area contributed by atoms with Crippen molar-refractivity contribution in [1.29, 1.82) is 0 Å². The number of hydrogen-bond donors (Lipinski definition) is 1. The molecule has 0 aliphatic heterocycles. The van der Waals surface area contributed by atoms with E-state index in [0.29, 0.717) is 18.9 Å². The molecule has 2 aromatic rings. The van der Waals surface area contributed by atoms with Gasteiger partial charge in [-0.05, 0) is 61.9 Å². The normalized spacial score (nSPS) is 10.4. The van der Waals surface area contributed by atoms with E-state index in [0.717, 1.165) is 17.1 Å². The highest BCUT2D eigenvalue weighted by Crippen LogP contribution is 2.15. The molecular formula is C21H23NO5. The van der Waals surface area contributed by atoms with E-state index in [9.17, 15) is 9.59 Å². The van der Waals surface area contributed by atoms with Crippen LogP contribution in [0.4, 0.5) is 5.69 Å². The zero-order valence-electron chi connectivity index (χ0n) is 15.4. The standard InChI is InChI=1S/C21H23NO5/c1-3-25-18-10-5-16(6-11-18)7-14-21(24)27-15-20(23)22-17-8-12-19(13-9-17)26-4-2/h5-14H,3-4,15H2,1-2H3,(H,22,23)/b14-7+. The lowest BCUT2D eigenvalue weighted by atomic mass is 10.2. The second kappa shape index (κ2) is 10.7. The van der Waals surface area contributed by atoms with Crippen LogP contribution in [-0.2, 0) is 14.3 Å². The number of anilines is 1. The van der Waals surface area contributed by atoms with Crippen molar-refractivity contribution >= 4 is 23.6 Å². The summed E-state index contributed by atoms with van der Waals surface area (Å²) in [5, 5.41) is 2.65. The number of carbonyl (C=O) groups excluding carboxylic acids is 2. The summed E-state index contributed by atoms with van der Waals surface area (Å²) in [5.41, 5.74) is 1.43. The molecule has 0 spiro atoms. The highest BCUT2D eigenvalue weighted by Gasteiger charge is 2.06. The Morgan fingerprint density at radius 2 is 1.44 bits per heavy atom. The van der Waals surface area contributed by atoms with Gasteiger partial charge in [-0.3, -0.25) is 4.79 Å². The zero-order valence-corrected chi connectivity index (χ0v) is 15.4. The third kappa shape index (κ3) is 7.23. The molecule has 2 rings (SSSR count). The summed E-state index contributed by atoms with van der Waals surface area (Å²) in [5.74, 6) is 0.484. The van der Waals surface area contributed by atoms with E-state index in [2.05, 4.69) is 5.32 Å². The Hall–Kier alpha value is -3.28. The van der Waals surface area contributed by atoms with Gasteiger partial charge in [0.2, 0.25) is 0 Å². The zero-order chi connectivity index (χ0) is 19.5. The first-order chi connectivity index (χ1) is 13.1. The number of benzene rings is 2. The first-order valence-electron chi connectivity index (χ1n) is 8.71. The minimum absolute atomic E-state index is 0.361. The quantitative estimate of drug-likeness (QED) is 0.539. The summed E-state index contributed by atoms with van der Waals surface area (Å²) < 4.78 is 15.6. The Bertz CT molecular complexity index is 766. The van der Waals surface area contributed by atoms with Crippen LogP contribution >= 0.6 is 0 Å². The second-order valence-corrected chi connectivity index (χ2v) is 5.45. The second-order valence-electron chi connectivity index (χ2n) is 5.45. The molecule has 2 aromatic carbocycles. The average Bonchev–Trinajstić information content (AvgIpc) is 2.68. The van der Waals surface area contributed by atoms with Crippen LogP contribution in [0.5, 0.6) is 11.5 Å². The van der Waals surface area contributed by atoms with Crippen LogP contribution in [-0.4, -0.2) is 31.7 Å². The van der Waals surface area contributed by atoms with E-state index >= 15 is 0 Å². The van der Waals surface area contributed by atoms with E-state index in [1.54, 1.807) is 30.3 Å². The van der Waals surface area contributed by atoms with Crippen LogP contribution in [0.25, 0.3) is 6.08 Å². The minimum Gasteiger partial charge on any atom is -0.494 e. The summed E-state index contributed by atoms with van der Waals surface area (Å²) in [7, 11) is 0. The SMILES string of the molecule is CCOc1ccc(/C=C/C(=O)OCC(=O)Nc2ccc(OCC)cc2)cc1. The summed E-state index contributed by atoms with van der Waals surface area (Å²) in [6, 6.07) is 14.2. The van der Waals surface area contributed by atoms with Gasteiger partial charge in [-0.2, -0.15) is 0 Å². The van der Waals surface area contributed by atoms with Gasteiger partial charge in [0.1, 0.15) is 11.5 Å². The first-order valence-corrected chi connectivity index (χ1v) is 8.71. The third-order valence-corrected chi connectivity index (χ3v) is 3.40. The van der Waals surface area contributed by atoms with Gasteiger partial charge in [0.15, 0.2) is 6.61 Å². The van der Waals surface area contributed by atoms with Gasteiger partial charge in [-0.25, -0.2) is 4.79 Å². The smallest absolute Gasteiger partial charge is 0.331 e. The lowest BCUT2D eigenvalue weighted by Gasteiger charge is -2.07. The number of amides is 1. The topological polar surface area (TPSA) is 73.9 Å². The Kier molecular flexibility index (Phi) is 7.91. The van der Waals surface area contributed by atoms with E-state index in [1.165, 1.54) is 6.08 Å². The molecule has 0 heterocycles. The average molecular weight is 369 g/mol. The van der Waals surface area contributed by atoms with Crippen molar-refractivity contribution in [3.63, 3.8) is 0 Å². The molecule has 1 amide bonds. The fourth-order valence-corrected chi connectivity index (χ4v) is 2.19. The molecule has 0 aliphatic rings. The van der Waals surface area contributed by atoms with Crippen molar-refractivity contribution < 1.29 is 23.8 Å². The van der Waals surface area contributed by atoms with Gasteiger partial charge >= 0.3 is 5.97 Å². The van der Waals surface area contributed by atoms with Crippen molar-refractivity contribution in [2.24, 2.45) is 0 Å². The van der Waals surface area contributed by atoms with E-state index in [-0.39, 0.29) is 6.61 Å². The maximum Gasteiger partial charge on any atom is 0.331 e. The molecule has 0 aliphatic carbocycles. The molecule has 0 saturated carbocycles. The Morgan fingerprint density at radius 3 is 2.00 bits per heavy atom. The number of rotatable bonds is 9. The molecule has 0 unspecified atom stereocenters. The molecule has 0 bridgehead atoms. The van der Waals surface area contributed by atoms with Gasteiger partial charge in [0.25, 0.3) is 5.91 Å². The summed E-state index contributed by atoms with van der Waals surface area (Å²) in [4.78, 5) is 23.6. The number of esters is 1. The van der Waals surface area contributed by atoms with Crippen LogP contribution in [0, 0.1) is 0 Å². The van der Waals surface area contributed by atoms with Crippen molar-refractivity contribution in [3.8, 4) is 11.5 Å². The fraction of sp³-hybridized carbons (Fsp3) is 0.238. The Labute approximate surface area is 158 Å². The fourth-order valence-electron chi connectivity index (χ4n) is 2.19. The Morgan fingerprint density at radius 1 is 0.889 bits per heavy atom. The predicted molar refractivity (Wildman–Crippen MR) is 104 cm³/mol. The molecule has 0 aromatic heterocycles. The highest BCUT2D eigenvalue weighted by molar-refractivity contribution is 5.94. The third-order valence-electron chi connectivity index (χ3n) is 3.40. The van der Waals surface area contributed by atoms with Crippen molar-refractivity contribution in [3.05, 3.63) is 60.2 Å². The summed E-state index contributed by atoms with van der Waals surface area (Å²) in [6.07, 6.45) is 2.89. The van der Waals surface area contributed by atoms with E-state index < -0.39 is 11.9 Å². The van der Waals surface area contributed by atoms with Crippen LogP contribution in [0.3, 0.4) is 0 Å². The maximum absolute atomic E-state index is 11.8. The Balaban J connectivity index is 1.76. The van der Waals surface area contributed by atoms with Gasteiger partial charge in [-0.1, -0.05) is 12.1 Å². The van der Waals surface area contributed by atoms with Gasteiger partial charge in [0.05, 0.1) is 13.2 Å².